The van der Waals surface area contributed by atoms with Crippen LogP contribution in [0, 0.1) is 0 Å². The molecule has 0 atom stereocenters. The minimum atomic E-state index is -0.111. The van der Waals surface area contributed by atoms with E-state index in [0.29, 0.717) is 36.4 Å². The molecule has 1 aromatic heterocycles. The number of aromatic nitrogens is 2. The maximum Gasteiger partial charge on any atom is 0.239 e. The van der Waals surface area contributed by atoms with E-state index >= 15 is 0 Å². The normalized spacial score (nSPS) is 13.7. The standard InChI is InChI=1S/C18H23N5O3S/c1-3-26-14-8-6-13(7-9-14)11-19-15(24)12-22(2)17-20-21-18(27-17)23-10-4-5-16(23)25/h6-9H,3-5,10-12H2,1-2H3,(H,19,24). The van der Waals surface area contributed by atoms with Crippen LogP contribution in [0.3, 0.4) is 0 Å². The largest absolute Gasteiger partial charge is 0.494 e. The van der Waals surface area contributed by atoms with Crippen molar-refractivity contribution in [1.82, 2.24) is 15.5 Å². The topological polar surface area (TPSA) is 87.7 Å². The zero-order valence-corrected chi connectivity index (χ0v) is 16.3. The fraction of sp³-hybridized carbons (Fsp3) is 0.444. The number of benzene rings is 1. The lowest BCUT2D eigenvalue weighted by Gasteiger charge is -2.15. The molecule has 0 aliphatic carbocycles. The van der Waals surface area contributed by atoms with Gasteiger partial charge in [0.25, 0.3) is 0 Å². The van der Waals surface area contributed by atoms with Crippen molar-refractivity contribution in [3.8, 4) is 5.75 Å². The number of anilines is 2. The molecule has 9 heteroatoms. The van der Waals surface area contributed by atoms with Gasteiger partial charge in [-0.2, -0.15) is 0 Å². The summed E-state index contributed by atoms with van der Waals surface area (Å²) in [7, 11) is 1.78. The van der Waals surface area contributed by atoms with Crippen LogP contribution in [0.2, 0.25) is 0 Å². The number of likely N-dealkylation sites (N-methyl/N-ethyl adjacent to an activating group) is 1. The van der Waals surface area contributed by atoms with Crippen molar-refractivity contribution in [2.75, 3.05) is 36.5 Å². The van der Waals surface area contributed by atoms with Gasteiger partial charge in [0.05, 0.1) is 13.2 Å². The maximum atomic E-state index is 12.2. The lowest BCUT2D eigenvalue weighted by molar-refractivity contribution is -0.120. The first-order valence-electron chi connectivity index (χ1n) is 8.90. The van der Waals surface area contributed by atoms with Gasteiger partial charge in [-0.1, -0.05) is 23.5 Å². The molecule has 1 saturated heterocycles. The van der Waals surface area contributed by atoms with E-state index in [4.69, 9.17) is 4.74 Å². The van der Waals surface area contributed by atoms with Crippen LogP contribution >= 0.6 is 11.3 Å². The summed E-state index contributed by atoms with van der Waals surface area (Å²) in [6.07, 6.45) is 1.40. The van der Waals surface area contributed by atoms with Gasteiger partial charge in [-0.05, 0) is 31.0 Å². The number of hydrogen-bond acceptors (Lipinski definition) is 7. The summed E-state index contributed by atoms with van der Waals surface area (Å²) in [6.45, 7) is 3.86. The van der Waals surface area contributed by atoms with Gasteiger partial charge in [0.2, 0.25) is 22.1 Å². The molecule has 0 radical (unpaired) electrons. The summed E-state index contributed by atoms with van der Waals surface area (Å²) in [4.78, 5) is 27.4. The van der Waals surface area contributed by atoms with Crippen LogP contribution in [0.25, 0.3) is 0 Å². The molecule has 1 aromatic carbocycles. The van der Waals surface area contributed by atoms with Crippen molar-refractivity contribution in [3.05, 3.63) is 29.8 Å². The molecule has 0 bridgehead atoms. The number of nitrogens with one attached hydrogen (secondary N) is 1. The SMILES string of the molecule is CCOc1ccc(CNC(=O)CN(C)c2nnc(N3CCCC3=O)s2)cc1. The minimum absolute atomic E-state index is 0.0773. The first-order valence-corrected chi connectivity index (χ1v) is 9.72. The average Bonchev–Trinajstić information content (AvgIpc) is 3.30. The molecule has 3 rings (SSSR count). The van der Waals surface area contributed by atoms with Crippen LogP contribution in [0.5, 0.6) is 5.75 Å². The molecule has 1 fully saturated rings. The third-order valence-corrected chi connectivity index (χ3v) is 5.20. The number of carbonyl (C=O) groups is 2. The lowest BCUT2D eigenvalue weighted by Crippen LogP contribution is -2.34. The van der Waals surface area contributed by atoms with Crippen molar-refractivity contribution >= 4 is 33.4 Å². The Balaban J connectivity index is 1.49. The van der Waals surface area contributed by atoms with Crippen LogP contribution in [0.15, 0.2) is 24.3 Å². The number of hydrogen-bond donors (Lipinski definition) is 1. The summed E-state index contributed by atoms with van der Waals surface area (Å²) >= 11 is 1.32. The number of amides is 2. The molecule has 144 valence electrons. The zero-order valence-electron chi connectivity index (χ0n) is 15.5. The van der Waals surface area contributed by atoms with E-state index in [-0.39, 0.29) is 18.4 Å². The molecule has 0 spiro atoms. The highest BCUT2D eigenvalue weighted by Crippen LogP contribution is 2.29. The van der Waals surface area contributed by atoms with E-state index in [1.807, 2.05) is 31.2 Å². The molecule has 0 unspecified atom stereocenters. The number of carbonyl (C=O) groups excluding carboxylic acids is 2. The molecule has 8 nitrogen and oxygen atoms in total. The molecule has 27 heavy (non-hydrogen) atoms. The van der Waals surface area contributed by atoms with Gasteiger partial charge in [0.1, 0.15) is 5.75 Å². The van der Waals surface area contributed by atoms with Crippen molar-refractivity contribution in [2.24, 2.45) is 0 Å². The summed E-state index contributed by atoms with van der Waals surface area (Å²) in [5.41, 5.74) is 1.00. The fourth-order valence-corrected chi connectivity index (χ4v) is 3.58. The van der Waals surface area contributed by atoms with Crippen LogP contribution in [0.1, 0.15) is 25.3 Å². The highest BCUT2D eigenvalue weighted by Gasteiger charge is 2.25. The first kappa shape index (κ1) is 19.1. The monoisotopic (exact) mass is 389 g/mol. The number of nitrogens with zero attached hydrogens (tertiary/aromatic N) is 4. The van der Waals surface area contributed by atoms with Crippen LogP contribution in [-0.2, 0) is 16.1 Å². The Bertz CT molecular complexity index is 793. The van der Waals surface area contributed by atoms with E-state index in [2.05, 4.69) is 15.5 Å². The molecule has 0 saturated carbocycles. The Labute approximate surface area is 162 Å². The van der Waals surface area contributed by atoms with Crippen molar-refractivity contribution in [1.29, 1.82) is 0 Å². The van der Waals surface area contributed by atoms with E-state index in [1.54, 1.807) is 16.8 Å². The van der Waals surface area contributed by atoms with E-state index in [1.165, 1.54) is 11.3 Å². The summed E-state index contributed by atoms with van der Waals surface area (Å²) < 4.78 is 5.40. The molecular weight excluding hydrogens is 366 g/mol. The van der Waals surface area contributed by atoms with Gasteiger partial charge >= 0.3 is 0 Å². The van der Waals surface area contributed by atoms with Gasteiger partial charge < -0.3 is 15.0 Å². The van der Waals surface area contributed by atoms with Crippen LogP contribution in [-0.4, -0.2) is 48.8 Å². The van der Waals surface area contributed by atoms with Crippen molar-refractivity contribution in [2.45, 2.75) is 26.3 Å². The molecule has 2 amide bonds. The molecule has 1 aliphatic rings. The van der Waals surface area contributed by atoms with Gasteiger partial charge in [-0.3, -0.25) is 14.5 Å². The van der Waals surface area contributed by atoms with Crippen LogP contribution < -0.4 is 19.9 Å². The summed E-state index contributed by atoms with van der Waals surface area (Å²) in [6, 6.07) is 7.64. The second-order valence-electron chi connectivity index (χ2n) is 6.23. The van der Waals surface area contributed by atoms with Crippen LogP contribution in [0.4, 0.5) is 10.3 Å². The smallest absolute Gasteiger partial charge is 0.239 e. The summed E-state index contributed by atoms with van der Waals surface area (Å²) in [5, 5.41) is 12.3. The van der Waals surface area contributed by atoms with Gasteiger partial charge in [-0.25, -0.2) is 0 Å². The number of rotatable bonds is 8. The van der Waals surface area contributed by atoms with Gasteiger partial charge in [-0.15, -0.1) is 10.2 Å². The molecule has 2 heterocycles. The fourth-order valence-electron chi connectivity index (χ4n) is 2.73. The predicted molar refractivity (Wildman–Crippen MR) is 104 cm³/mol. The van der Waals surface area contributed by atoms with E-state index in [0.717, 1.165) is 17.7 Å². The Morgan fingerprint density at radius 3 is 2.78 bits per heavy atom. The highest BCUT2D eigenvalue weighted by atomic mass is 32.1. The Morgan fingerprint density at radius 1 is 1.33 bits per heavy atom. The minimum Gasteiger partial charge on any atom is -0.494 e. The average molecular weight is 389 g/mol. The third kappa shape index (κ3) is 4.94. The molecule has 1 N–H and O–H groups in total. The van der Waals surface area contributed by atoms with E-state index in [9.17, 15) is 9.59 Å². The second-order valence-corrected chi connectivity index (χ2v) is 7.16. The van der Waals surface area contributed by atoms with Crippen molar-refractivity contribution in [3.63, 3.8) is 0 Å². The highest BCUT2D eigenvalue weighted by molar-refractivity contribution is 7.19. The first-order chi connectivity index (χ1) is 13.1. The molecular formula is C18H23N5O3S. The quantitative estimate of drug-likeness (QED) is 0.741. The molecule has 2 aromatic rings. The Hall–Kier alpha value is -2.68. The second kappa shape index (κ2) is 8.81. The summed E-state index contributed by atoms with van der Waals surface area (Å²) in [5.74, 6) is 0.782. The zero-order chi connectivity index (χ0) is 19.2. The number of ether oxygens (including phenoxy) is 1. The molecule has 1 aliphatic heterocycles. The van der Waals surface area contributed by atoms with E-state index < -0.39 is 0 Å². The third-order valence-electron chi connectivity index (χ3n) is 4.14. The van der Waals surface area contributed by atoms with Gasteiger partial charge in [0, 0.05) is 26.6 Å². The Kier molecular flexibility index (Phi) is 6.23. The van der Waals surface area contributed by atoms with Crippen molar-refractivity contribution < 1.29 is 14.3 Å². The Morgan fingerprint density at radius 2 is 2.11 bits per heavy atom. The predicted octanol–water partition coefficient (Wildman–Crippen LogP) is 1.82. The van der Waals surface area contributed by atoms with Gasteiger partial charge in [0.15, 0.2) is 0 Å². The maximum absolute atomic E-state index is 12.2. The lowest BCUT2D eigenvalue weighted by atomic mass is 10.2.